The molecule has 2 heterocycles. The van der Waals surface area contributed by atoms with Gasteiger partial charge in [-0.05, 0) is 55.5 Å². The van der Waals surface area contributed by atoms with Crippen LogP contribution in [-0.4, -0.2) is 33.6 Å². The number of aryl methyl sites for hydroxylation is 1. The first-order chi connectivity index (χ1) is 15.4. The summed E-state index contributed by atoms with van der Waals surface area (Å²) >= 11 is 1.41. The number of carbonyl (C=O) groups is 2. The van der Waals surface area contributed by atoms with E-state index in [0.29, 0.717) is 22.0 Å². The van der Waals surface area contributed by atoms with E-state index in [4.69, 9.17) is 4.74 Å². The fourth-order valence-electron chi connectivity index (χ4n) is 3.61. The molecule has 4 rings (SSSR count). The number of benzene rings is 1. The molecular formula is C21H21N5O5S. The molecule has 1 aromatic carbocycles. The Hall–Kier alpha value is -3.73. The van der Waals surface area contributed by atoms with Crippen molar-refractivity contribution in [1.29, 1.82) is 0 Å². The van der Waals surface area contributed by atoms with Crippen LogP contribution >= 0.6 is 11.3 Å². The molecule has 11 heteroatoms. The number of aromatic nitrogens is 2. The molecule has 0 saturated carbocycles. The van der Waals surface area contributed by atoms with Crippen molar-refractivity contribution in [3.05, 3.63) is 62.8 Å². The molecular weight excluding hydrogens is 434 g/mol. The first-order valence-electron chi connectivity index (χ1n) is 10.0. The number of nitro groups is 1. The van der Waals surface area contributed by atoms with Crippen LogP contribution in [0.15, 0.2) is 36.7 Å². The van der Waals surface area contributed by atoms with Crippen molar-refractivity contribution in [2.45, 2.75) is 32.2 Å². The third-order valence-electron chi connectivity index (χ3n) is 5.14. The molecule has 0 saturated heterocycles. The fourth-order valence-corrected chi connectivity index (χ4v) is 4.91. The van der Waals surface area contributed by atoms with E-state index >= 15 is 0 Å². The summed E-state index contributed by atoms with van der Waals surface area (Å²) < 4.78 is 6.34. The zero-order chi connectivity index (χ0) is 22.7. The molecule has 2 N–H and O–H groups in total. The first kappa shape index (κ1) is 21.5. The molecule has 0 radical (unpaired) electrons. The molecule has 2 amide bonds. The minimum absolute atomic E-state index is 0.191. The summed E-state index contributed by atoms with van der Waals surface area (Å²) in [7, 11) is 1.57. The van der Waals surface area contributed by atoms with Gasteiger partial charge >= 0.3 is 5.69 Å². The maximum Gasteiger partial charge on any atom is 0.307 e. The number of ether oxygens (including phenoxy) is 1. The van der Waals surface area contributed by atoms with Gasteiger partial charge in [-0.3, -0.25) is 24.4 Å². The highest BCUT2D eigenvalue weighted by Crippen LogP contribution is 2.38. The Morgan fingerprint density at radius 1 is 1.22 bits per heavy atom. The van der Waals surface area contributed by atoms with Crippen LogP contribution in [0.25, 0.3) is 0 Å². The predicted octanol–water partition coefficient (Wildman–Crippen LogP) is 3.63. The first-order valence-corrected chi connectivity index (χ1v) is 10.8. The lowest BCUT2D eigenvalue weighted by atomic mass is 9.95. The van der Waals surface area contributed by atoms with Crippen LogP contribution < -0.4 is 15.4 Å². The van der Waals surface area contributed by atoms with E-state index in [1.165, 1.54) is 22.2 Å². The summed E-state index contributed by atoms with van der Waals surface area (Å²) in [4.78, 5) is 37.1. The number of anilines is 2. The van der Waals surface area contributed by atoms with Crippen molar-refractivity contribution >= 4 is 39.5 Å². The Balaban J connectivity index is 1.54. The molecule has 2 aromatic heterocycles. The van der Waals surface area contributed by atoms with E-state index in [1.807, 2.05) is 0 Å². The maximum absolute atomic E-state index is 13.2. The van der Waals surface area contributed by atoms with Gasteiger partial charge in [0.15, 0.2) is 0 Å². The summed E-state index contributed by atoms with van der Waals surface area (Å²) in [6, 6.07) is 7.01. The largest absolute Gasteiger partial charge is 0.497 e. The van der Waals surface area contributed by atoms with Gasteiger partial charge in [0.25, 0.3) is 5.91 Å². The van der Waals surface area contributed by atoms with Crippen LogP contribution in [0.5, 0.6) is 5.75 Å². The molecule has 166 valence electrons. The highest BCUT2D eigenvalue weighted by atomic mass is 32.1. The molecule has 0 aliphatic heterocycles. The monoisotopic (exact) mass is 455 g/mol. The number of rotatable bonds is 7. The highest BCUT2D eigenvalue weighted by Gasteiger charge is 2.26. The summed E-state index contributed by atoms with van der Waals surface area (Å²) in [6.45, 7) is -0.198. The molecule has 0 bridgehead atoms. The quantitative estimate of drug-likeness (QED) is 0.413. The minimum Gasteiger partial charge on any atom is -0.497 e. The molecule has 3 aromatic rings. The zero-order valence-electron chi connectivity index (χ0n) is 17.3. The Morgan fingerprint density at radius 2 is 1.97 bits per heavy atom. The summed E-state index contributed by atoms with van der Waals surface area (Å²) in [5, 5.41) is 20.8. The molecule has 1 aliphatic carbocycles. The third kappa shape index (κ3) is 4.62. The number of hydrogen-bond acceptors (Lipinski definition) is 7. The van der Waals surface area contributed by atoms with Gasteiger partial charge in [0.05, 0.1) is 17.6 Å². The normalized spacial score (nSPS) is 12.7. The second kappa shape index (κ2) is 9.18. The van der Waals surface area contributed by atoms with Crippen molar-refractivity contribution in [2.75, 3.05) is 17.7 Å². The molecule has 0 atom stereocenters. The van der Waals surface area contributed by atoms with Gasteiger partial charge in [0.2, 0.25) is 5.91 Å². The third-order valence-corrected chi connectivity index (χ3v) is 6.34. The van der Waals surface area contributed by atoms with Gasteiger partial charge in [-0.1, -0.05) is 0 Å². The van der Waals surface area contributed by atoms with Gasteiger partial charge in [-0.15, -0.1) is 11.3 Å². The van der Waals surface area contributed by atoms with Crippen LogP contribution in [-0.2, 0) is 24.2 Å². The minimum atomic E-state index is -0.573. The van der Waals surface area contributed by atoms with E-state index < -0.39 is 10.8 Å². The number of carbonyl (C=O) groups excluding carboxylic acids is 2. The standard InChI is InChI=1S/C21H21N5O5S/c1-31-15-8-6-13(7-9-15)23-20(28)19-16-4-2-3-5-17(16)32-21(19)24-18(27)12-25-11-14(10-22-25)26(29)30/h6-11H,2-5,12H2,1H3,(H,23,28)(H,24,27). The number of nitrogens with one attached hydrogen (secondary N) is 2. The Labute approximate surface area is 187 Å². The van der Waals surface area contributed by atoms with Gasteiger partial charge in [0, 0.05) is 10.6 Å². The second-order valence-corrected chi connectivity index (χ2v) is 8.40. The number of nitrogens with zero attached hydrogens (tertiary/aromatic N) is 3. The maximum atomic E-state index is 13.2. The van der Waals surface area contributed by atoms with Crippen LogP contribution in [0.3, 0.4) is 0 Å². The van der Waals surface area contributed by atoms with E-state index in [1.54, 1.807) is 31.4 Å². The average molecular weight is 455 g/mol. The van der Waals surface area contributed by atoms with Gasteiger partial charge in [-0.2, -0.15) is 5.10 Å². The smallest absolute Gasteiger partial charge is 0.307 e. The molecule has 0 spiro atoms. The Morgan fingerprint density at radius 3 is 2.66 bits per heavy atom. The number of thiophene rings is 1. The van der Waals surface area contributed by atoms with Crippen molar-refractivity contribution in [3.8, 4) is 5.75 Å². The summed E-state index contributed by atoms with van der Waals surface area (Å²) in [5.41, 5.74) is 1.87. The fraction of sp³-hybridized carbons (Fsp3) is 0.286. The summed E-state index contributed by atoms with van der Waals surface area (Å²) in [6.07, 6.45) is 5.94. The lowest BCUT2D eigenvalue weighted by Gasteiger charge is -2.13. The number of fused-ring (bicyclic) bond motifs is 1. The van der Waals surface area contributed by atoms with Crippen molar-refractivity contribution < 1.29 is 19.2 Å². The molecule has 0 unspecified atom stereocenters. The second-order valence-electron chi connectivity index (χ2n) is 7.30. The zero-order valence-corrected chi connectivity index (χ0v) is 18.1. The van der Waals surface area contributed by atoms with E-state index in [0.717, 1.165) is 42.3 Å². The van der Waals surface area contributed by atoms with Gasteiger partial charge in [-0.25, -0.2) is 0 Å². The topological polar surface area (TPSA) is 128 Å². The molecule has 10 nitrogen and oxygen atoms in total. The van der Waals surface area contributed by atoms with Crippen LogP contribution in [0.2, 0.25) is 0 Å². The number of amides is 2. The lowest BCUT2D eigenvalue weighted by Crippen LogP contribution is -2.21. The molecule has 0 fully saturated rings. The molecule has 32 heavy (non-hydrogen) atoms. The van der Waals surface area contributed by atoms with Crippen molar-refractivity contribution in [2.24, 2.45) is 0 Å². The van der Waals surface area contributed by atoms with E-state index in [-0.39, 0.29) is 18.1 Å². The summed E-state index contributed by atoms with van der Waals surface area (Å²) in [5.74, 6) is -0.0255. The van der Waals surface area contributed by atoms with Crippen molar-refractivity contribution in [3.63, 3.8) is 0 Å². The average Bonchev–Trinajstić information content (AvgIpc) is 3.38. The Kier molecular flexibility index (Phi) is 6.17. The Bertz CT molecular complexity index is 1170. The van der Waals surface area contributed by atoms with Crippen LogP contribution in [0, 0.1) is 10.1 Å². The SMILES string of the molecule is COc1ccc(NC(=O)c2c(NC(=O)Cn3cc([N+](=O)[O-])cn3)sc3c2CCCC3)cc1. The van der Waals surface area contributed by atoms with Crippen LogP contribution in [0.4, 0.5) is 16.4 Å². The molecule has 1 aliphatic rings. The van der Waals surface area contributed by atoms with E-state index in [9.17, 15) is 19.7 Å². The lowest BCUT2D eigenvalue weighted by molar-refractivity contribution is -0.385. The van der Waals surface area contributed by atoms with Gasteiger partial charge < -0.3 is 15.4 Å². The van der Waals surface area contributed by atoms with Crippen molar-refractivity contribution in [1.82, 2.24) is 9.78 Å². The van der Waals surface area contributed by atoms with E-state index in [2.05, 4.69) is 15.7 Å². The highest BCUT2D eigenvalue weighted by molar-refractivity contribution is 7.17. The number of methoxy groups -OCH3 is 1. The van der Waals surface area contributed by atoms with Crippen LogP contribution in [0.1, 0.15) is 33.6 Å². The van der Waals surface area contributed by atoms with Gasteiger partial charge in [0.1, 0.15) is 29.7 Å². The predicted molar refractivity (Wildman–Crippen MR) is 119 cm³/mol. The number of hydrogen-bond donors (Lipinski definition) is 2.